The molecule has 0 aliphatic carbocycles. The molecule has 0 amide bonds. The molecule has 0 N–H and O–H groups in total. The molecule has 0 aromatic carbocycles. The van der Waals surface area contributed by atoms with Crippen molar-refractivity contribution in [3.8, 4) is 0 Å². The zero-order valence-electron chi connectivity index (χ0n) is 15.2. The first-order chi connectivity index (χ1) is 12.8. The van der Waals surface area contributed by atoms with Crippen molar-refractivity contribution in [2.75, 3.05) is 54.8 Å². The van der Waals surface area contributed by atoms with Crippen LogP contribution < -0.4 is 0 Å². The summed E-state index contributed by atoms with van der Waals surface area (Å²) < 4.78 is 88.9. The fraction of sp³-hybridized carbons (Fsp3) is 0.846. The summed E-state index contributed by atoms with van der Waals surface area (Å²) in [6.45, 7) is 2.65. The number of halogens is 2. The number of hydrogen-bond acceptors (Lipinski definition) is 10. The van der Waals surface area contributed by atoms with Crippen molar-refractivity contribution < 1.29 is 42.5 Å². The standard InChI is InChI=1S/C13H24Br2O10S3/c1-3-22-5-4-6-23-27(18,19)7-8-28(20,21)25-12-13(9-14,10-15)11-24-26(2,16)17/h3H,1,4-12H2,2H3. The molecule has 0 bridgehead atoms. The third kappa shape index (κ3) is 13.5. The van der Waals surface area contributed by atoms with Crippen LogP contribution in [0.3, 0.4) is 0 Å². The van der Waals surface area contributed by atoms with Crippen molar-refractivity contribution in [2.45, 2.75) is 6.42 Å². The second kappa shape index (κ2) is 12.8. The maximum atomic E-state index is 12.0. The molecule has 0 aromatic heterocycles. The van der Waals surface area contributed by atoms with Crippen molar-refractivity contribution >= 4 is 62.2 Å². The zero-order valence-corrected chi connectivity index (χ0v) is 20.8. The predicted molar refractivity (Wildman–Crippen MR) is 111 cm³/mol. The molecule has 0 fully saturated rings. The highest BCUT2D eigenvalue weighted by Crippen LogP contribution is 2.26. The van der Waals surface area contributed by atoms with Crippen molar-refractivity contribution in [3.05, 3.63) is 12.8 Å². The average Bonchev–Trinajstić information content (AvgIpc) is 2.60. The molecule has 0 heterocycles. The Morgan fingerprint density at radius 3 is 1.82 bits per heavy atom. The summed E-state index contributed by atoms with van der Waals surface area (Å²) in [6.07, 6.45) is 2.36. The van der Waals surface area contributed by atoms with Crippen LogP contribution in [-0.4, -0.2) is 80.1 Å². The van der Waals surface area contributed by atoms with Gasteiger partial charge in [-0.3, -0.25) is 12.5 Å². The van der Waals surface area contributed by atoms with E-state index in [9.17, 15) is 25.3 Å². The molecule has 0 atom stereocenters. The van der Waals surface area contributed by atoms with E-state index in [0.717, 1.165) is 6.26 Å². The van der Waals surface area contributed by atoms with Crippen LogP contribution in [0.15, 0.2) is 12.8 Å². The van der Waals surface area contributed by atoms with Crippen LogP contribution in [0.1, 0.15) is 6.42 Å². The van der Waals surface area contributed by atoms with Crippen LogP contribution in [0.2, 0.25) is 0 Å². The zero-order chi connectivity index (χ0) is 21.9. The average molecular weight is 596 g/mol. The van der Waals surface area contributed by atoms with Gasteiger partial charge in [-0.15, -0.1) is 0 Å². The van der Waals surface area contributed by atoms with Gasteiger partial charge in [0, 0.05) is 22.5 Å². The number of hydrogen-bond donors (Lipinski definition) is 0. The molecular formula is C13H24Br2O10S3. The van der Waals surface area contributed by atoms with Gasteiger partial charge in [-0.05, 0) is 0 Å². The van der Waals surface area contributed by atoms with Crippen molar-refractivity contribution in [3.63, 3.8) is 0 Å². The minimum absolute atomic E-state index is 0.157. The molecule has 28 heavy (non-hydrogen) atoms. The summed E-state index contributed by atoms with van der Waals surface area (Å²) in [6, 6.07) is 0. The predicted octanol–water partition coefficient (Wildman–Crippen LogP) is 0.982. The highest BCUT2D eigenvalue weighted by Gasteiger charge is 2.33. The van der Waals surface area contributed by atoms with E-state index in [4.69, 9.17) is 13.1 Å². The molecular weight excluding hydrogens is 572 g/mol. The molecule has 0 spiro atoms. The molecule has 10 nitrogen and oxygen atoms in total. The van der Waals surface area contributed by atoms with E-state index in [1.807, 2.05) is 0 Å². The molecule has 0 saturated carbocycles. The van der Waals surface area contributed by atoms with Gasteiger partial charge in [0.25, 0.3) is 30.4 Å². The Balaban J connectivity index is 4.66. The molecule has 0 aliphatic heterocycles. The Hall–Kier alpha value is 0.230. The molecule has 0 saturated heterocycles. The van der Waals surface area contributed by atoms with Crippen LogP contribution in [-0.2, 0) is 47.6 Å². The Labute approximate surface area is 183 Å². The number of ether oxygens (including phenoxy) is 1. The van der Waals surface area contributed by atoms with Crippen molar-refractivity contribution in [2.24, 2.45) is 5.41 Å². The van der Waals surface area contributed by atoms with Gasteiger partial charge in [-0.2, -0.15) is 25.3 Å². The maximum Gasteiger partial charge on any atom is 0.268 e. The normalized spacial score (nSPS) is 13.4. The van der Waals surface area contributed by atoms with E-state index in [2.05, 4.69) is 42.6 Å². The summed E-state index contributed by atoms with van der Waals surface area (Å²) in [7, 11) is -12.0. The largest absolute Gasteiger partial charge is 0.502 e. The Morgan fingerprint density at radius 1 is 0.857 bits per heavy atom. The fourth-order valence-corrected chi connectivity index (χ4v) is 6.12. The molecule has 15 heteroatoms. The third-order valence-corrected chi connectivity index (χ3v) is 8.66. The van der Waals surface area contributed by atoms with Crippen LogP contribution in [0, 0.1) is 5.41 Å². The van der Waals surface area contributed by atoms with Gasteiger partial charge in [-0.25, -0.2) is 0 Å². The summed E-state index contributed by atoms with van der Waals surface area (Å²) in [5, 5.41) is 0.342. The second-order valence-electron chi connectivity index (χ2n) is 5.73. The summed E-state index contributed by atoms with van der Waals surface area (Å²) >= 11 is 6.35. The van der Waals surface area contributed by atoms with Gasteiger partial charge in [0.05, 0.1) is 50.5 Å². The van der Waals surface area contributed by atoms with Gasteiger partial charge in [0.15, 0.2) is 0 Å². The molecule has 0 rings (SSSR count). The Kier molecular flexibility index (Phi) is 12.9. The van der Waals surface area contributed by atoms with Crippen LogP contribution in [0.4, 0.5) is 0 Å². The Morgan fingerprint density at radius 2 is 1.36 bits per heavy atom. The first-order valence-electron chi connectivity index (χ1n) is 7.73. The monoisotopic (exact) mass is 594 g/mol. The fourth-order valence-electron chi connectivity index (χ4n) is 1.41. The van der Waals surface area contributed by atoms with Crippen LogP contribution >= 0.6 is 31.9 Å². The van der Waals surface area contributed by atoms with E-state index in [1.165, 1.54) is 6.26 Å². The molecule has 0 radical (unpaired) electrons. The molecule has 0 aromatic rings. The lowest BCUT2D eigenvalue weighted by molar-refractivity contribution is 0.128. The lowest BCUT2D eigenvalue weighted by atomic mass is 9.97. The van der Waals surface area contributed by atoms with E-state index >= 15 is 0 Å². The second-order valence-corrected chi connectivity index (χ2v) is 12.0. The van der Waals surface area contributed by atoms with E-state index < -0.39 is 53.9 Å². The topological polar surface area (TPSA) is 139 Å². The van der Waals surface area contributed by atoms with Gasteiger partial charge in [0.1, 0.15) is 0 Å². The van der Waals surface area contributed by atoms with E-state index in [-0.39, 0.29) is 36.9 Å². The quantitative estimate of drug-likeness (QED) is 0.103. The lowest BCUT2D eigenvalue weighted by Crippen LogP contribution is -2.38. The first kappa shape index (κ1) is 28.2. The maximum absolute atomic E-state index is 12.0. The highest BCUT2D eigenvalue weighted by atomic mass is 79.9. The smallest absolute Gasteiger partial charge is 0.268 e. The van der Waals surface area contributed by atoms with Crippen molar-refractivity contribution in [1.82, 2.24) is 0 Å². The summed E-state index contributed by atoms with van der Waals surface area (Å²) in [4.78, 5) is 0. The number of alkyl halides is 2. The van der Waals surface area contributed by atoms with Gasteiger partial charge in [0.2, 0.25) is 0 Å². The first-order valence-corrected chi connectivity index (χ1v) is 14.9. The van der Waals surface area contributed by atoms with Crippen LogP contribution in [0.5, 0.6) is 0 Å². The van der Waals surface area contributed by atoms with Crippen LogP contribution in [0.25, 0.3) is 0 Å². The summed E-state index contributed by atoms with van der Waals surface area (Å²) in [5.41, 5.74) is -1.00. The lowest BCUT2D eigenvalue weighted by Gasteiger charge is -2.28. The van der Waals surface area contributed by atoms with Gasteiger partial charge >= 0.3 is 0 Å². The number of rotatable bonds is 17. The minimum Gasteiger partial charge on any atom is -0.502 e. The van der Waals surface area contributed by atoms with E-state index in [0.29, 0.717) is 0 Å². The highest BCUT2D eigenvalue weighted by molar-refractivity contribution is 9.09. The Bertz CT molecular complexity index is 773. The summed E-state index contributed by atoms with van der Waals surface area (Å²) in [5.74, 6) is -1.60. The van der Waals surface area contributed by atoms with Gasteiger partial charge in [-0.1, -0.05) is 38.4 Å². The minimum atomic E-state index is -4.20. The van der Waals surface area contributed by atoms with E-state index in [1.54, 1.807) is 0 Å². The molecule has 168 valence electrons. The molecule has 0 aliphatic rings. The van der Waals surface area contributed by atoms with Gasteiger partial charge < -0.3 is 4.74 Å². The molecule has 0 unspecified atom stereocenters. The SMILES string of the molecule is C=COCCCOS(=O)(=O)CCS(=O)(=O)OCC(CBr)(CBr)COS(C)(=O)=O. The van der Waals surface area contributed by atoms with Crippen molar-refractivity contribution in [1.29, 1.82) is 0 Å². The third-order valence-electron chi connectivity index (χ3n) is 3.06.